The second-order valence-corrected chi connectivity index (χ2v) is 6.16. The lowest BCUT2D eigenvalue weighted by atomic mass is 10.3. The molecule has 3 rings (SSSR count). The molecule has 1 amide bonds. The van der Waals surface area contributed by atoms with Crippen LogP contribution in [-0.4, -0.2) is 24.5 Å². The molecule has 130 valence electrons. The van der Waals surface area contributed by atoms with Crippen molar-refractivity contribution in [3.05, 3.63) is 53.6 Å². The molecule has 2 aromatic rings. The molecule has 0 radical (unpaired) electrons. The Kier molecular flexibility index (Phi) is 5.24. The first kappa shape index (κ1) is 17.3. The fourth-order valence-electron chi connectivity index (χ4n) is 2.59. The maximum atomic E-state index is 12.2. The maximum absolute atomic E-state index is 12.2. The van der Waals surface area contributed by atoms with E-state index in [1.807, 2.05) is 0 Å². The van der Waals surface area contributed by atoms with Gasteiger partial charge in [-0.25, -0.2) is 4.79 Å². The average Bonchev–Trinajstić information content (AvgIpc) is 3.03. The molecule has 0 N–H and O–H groups in total. The number of esters is 1. The molecule has 0 aliphatic carbocycles. The van der Waals surface area contributed by atoms with E-state index in [1.165, 1.54) is 0 Å². The van der Waals surface area contributed by atoms with Crippen molar-refractivity contribution >= 4 is 29.2 Å². The number of amides is 1. The molecule has 25 heavy (non-hydrogen) atoms. The summed E-state index contributed by atoms with van der Waals surface area (Å²) in [5.74, 6) is 0.419. The largest absolute Gasteiger partial charge is 0.477 e. The van der Waals surface area contributed by atoms with Crippen molar-refractivity contribution < 1.29 is 19.1 Å². The van der Waals surface area contributed by atoms with Gasteiger partial charge in [0.2, 0.25) is 5.91 Å². The van der Waals surface area contributed by atoms with Gasteiger partial charge < -0.3 is 14.4 Å². The molecule has 0 spiro atoms. The molecule has 1 heterocycles. The SMILES string of the molecule is CC(Oc1ccccc1Cl)C(=O)Oc1ccc(N2CCCC2=O)cc1. The Labute approximate surface area is 151 Å². The fourth-order valence-corrected chi connectivity index (χ4v) is 2.77. The minimum atomic E-state index is -0.806. The van der Waals surface area contributed by atoms with Crippen molar-refractivity contribution in [1.82, 2.24) is 0 Å². The molecular formula is C19H18ClNO4. The van der Waals surface area contributed by atoms with E-state index in [0.29, 0.717) is 22.9 Å². The number of carbonyl (C=O) groups is 2. The summed E-state index contributed by atoms with van der Waals surface area (Å²) in [6.45, 7) is 2.32. The van der Waals surface area contributed by atoms with Crippen molar-refractivity contribution in [1.29, 1.82) is 0 Å². The number of rotatable bonds is 5. The molecule has 1 atom stereocenters. The number of ether oxygens (including phenoxy) is 2. The molecule has 1 unspecified atom stereocenters. The van der Waals surface area contributed by atoms with Gasteiger partial charge in [0.25, 0.3) is 0 Å². The number of nitrogens with zero attached hydrogens (tertiary/aromatic N) is 1. The molecular weight excluding hydrogens is 342 g/mol. The highest BCUT2D eigenvalue weighted by atomic mass is 35.5. The van der Waals surface area contributed by atoms with E-state index in [4.69, 9.17) is 21.1 Å². The second kappa shape index (κ2) is 7.57. The van der Waals surface area contributed by atoms with Gasteiger partial charge in [0.15, 0.2) is 6.10 Å². The number of hydrogen-bond acceptors (Lipinski definition) is 4. The van der Waals surface area contributed by atoms with Crippen molar-refractivity contribution in [3.8, 4) is 11.5 Å². The maximum Gasteiger partial charge on any atom is 0.352 e. The van der Waals surface area contributed by atoms with Crippen LogP contribution in [0.4, 0.5) is 5.69 Å². The molecule has 0 saturated carbocycles. The van der Waals surface area contributed by atoms with Crippen molar-refractivity contribution in [2.75, 3.05) is 11.4 Å². The smallest absolute Gasteiger partial charge is 0.352 e. The third-order valence-corrected chi connectivity index (χ3v) is 4.22. The number of carbonyl (C=O) groups excluding carboxylic acids is 2. The quantitative estimate of drug-likeness (QED) is 0.601. The first-order valence-corrected chi connectivity index (χ1v) is 8.46. The van der Waals surface area contributed by atoms with Crippen LogP contribution in [0, 0.1) is 0 Å². The van der Waals surface area contributed by atoms with Crippen LogP contribution in [0.1, 0.15) is 19.8 Å². The zero-order valence-corrected chi connectivity index (χ0v) is 14.5. The summed E-state index contributed by atoms with van der Waals surface area (Å²) >= 11 is 6.02. The summed E-state index contributed by atoms with van der Waals surface area (Å²) in [5.41, 5.74) is 0.808. The van der Waals surface area contributed by atoms with Crippen molar-refractivity contribution in [2.45, 2.75) is 25.9 Å². The molecule has 1 saturated heterocycles. The molecule has 1 aliphatic rings. The number of halogens is 1. The first-order chi connectivity index (χ1) is 12.0. The number of benzene rings is 2. The predicted octanol–water partition coefficient (Wildman–Crippen LogP) is 3.84. The Balaban J connectivity index is 1.60. The lowest BCUT2D eigenvalue weighted by molar-refractivity contribution is -0.141. The van der Waals surface area contributed by atoms with Gasteiger partial charge in [0.05, 0.1) is 5.02 Å². The van der Waals surface area contributed by atoms with Crippen LogP contribution in [0.2, 0.25) is 5.02 Å². The van der Waals surface area contributed by atoms with Gasteiger partial charge in [-0.05, 0) is 49.7 Å². The lowest BCUT2D eigenvalue weighted by Crippen LogP contribution is -2.28. The van der Waals surface area contributed by atoms with E-state index >= 15 is 0 Å². The summed E-state index contributed by atoms with van der Waals surface area (Å²) in [4.78, 5) is 25.6. The predicted molar refractivity (Wildman–Crippen MR) is 95.2 cm³/mol. The van der Waals surface area contributed by atoms with Crippen LogP contribution in [0.5, 0.6) is 11.5 Å². The van der Waals surface area contributed by atoms with Gasteiger partial charge in [-0.2, -0.15) is 0 Å². The van der Waals surface area contributed by atoms with Gasteiger partial charge in [0, 0.05) is 18.7 Å². The van der Waals surface area contributed by atoms with Gasteiger partial charge in [0.1, 0.15) is 11.5 Å². The number of hydrogen-bond donors (Lipinski definition) is 0. The third-order valence-electron chi connectivity index (χ3n) is 3.91. The van der Waals surface area contributed by atoms with Crippen LogP contribution in [0.3, 0.4) is 0 Å². The van der Waals surface area contributed by atoms with Crippen LogP contribution in [0.25, 0.3) is 0 Å². The second-order valence-electron chi connectivity index (χ2n) is 5.75. The number of anilines is 1. The van der Waals surface area contributed by atoms with E-state index in [0.717, 1.165) is 18.7 Å². The van der Waals surface area contributed by atoms with E-state index < -0.39 is 12.1 Å². The van der Waals surface area contributed by atoms with Gasteiger partial charge in [-0.15, -0.1) is 0 Å². The Hall–Kier alpha value is -2.53. The Morgan fingerprint density at radius 3 is 2.52 bits per heavy atom. The molecule has 2 aromatic carbocycles. The molecule has 6 heteroatoms. The normalized spacial score (nSPS) is 15.1. The van der Waals surface area contributed by atoms with Crippen LogP contribution in [0.15, 0.2) is 48.5 Å². The average molecular weight is 360 g/mol. The molecule has 5 nitrogen and oxygen atoms in total. The lowest BCUT2D eigenvalue weighted by Gasteiger charge is -2.17. The van der Waals surface area contributed by atoms with Crippen molar-refractivity contribution in [2.24, 2.45) is 0 Å². The highest BCUT2D eigenvalue weighted by Crippen LogP contribution is 2.26. The highest BCUT2D eigenvalue weighted by molar-refractivity contribution is 6.32. The van der Waals surface area contributed by atoms with Gasteiger partial charge in [-0.3, -0.25) is 4.79 Å². The van der Waals surface area contributed by atoms with Crippen molar-refractivity contribution in [3.63, 3.8) is 0 Å². The summed E-state index contributed by atoms with van der Waals surface area (Å²) in [7, 11) is 0. The summed E-state index contributed by atoms with van der Waals surface area (Å²) in [5, 5.41) is 0.432. The van der Waals surface area contributed by atoms with Gasteiger partial charge in [-0.1, -0.05) is 23.7 Å². The van der Waals surface area contributed by atoms with E-state index in [-0.39, 0.29) is 5.91 Å². The molecule has 0 aromatic heterocycles. The Morgan fingerprint density at radius 2 is 1.88 bits per heavy atom. The summed E-state index contributed by atoms with van der Waals surface area (Å²) in [6.07, 6.45) is 0.639. The van der Waals surface area contributed by atoms with E-state index in [1.54, 1.807) is 60.4 Å². The van der Waals surface area contributed by atoms with Crippen LogP contribution >= 0.6 is 11.6 Å². The van der Waals surface area contributed by atoms with E-state index in [2.05, 4.69) is 0 Å². The summed E-state index contributed by atoms with van der Waals surface area (Å²) in [6, 6.07) is 13.8. The Bertz CT molecular complexity index is 775. The molecule has 1 aliphatic heterocycles. The standard InChI is InChI=1S/C19H18ClNO4/c1-13(24-17-6-3-2-5-16(17)20)19(23)25-15-10-8-14(9-11-15)21-12-4-7-18(21)22/h2-3,5-6,8-11,13H,4,7,12H2,1H3. The zero-order chi connectivity index (χ0) is 17.8. The molecule has 0 bridgehead atoms. The zero-order valence-electron chi connectivity index (χ0n) is 13.8. The summed E-state index contributed by atoms with van der Waals surface area (Å²) < 4.78 is 10.9. The fraction of sp³-hybridized carbons (Fsp3) is 0.263. The van der Waals surface area contributed by atoms with Crippen LogP contribution < -0.4 is 14.4 Å². The highest BCUT2D eigenvalue weighted by Gasteiger charge is 2.22. The minimum Gasteiger partial charge on any atom is -0.477 e. The van der Waals surface area contributed by atoms with Crippen LogP contribution in [-0.2, 0) is 9.59 Å². The van der Waals surface area contributed by atoms with Gasteiger partial charge >= 0.3 is 5.97 Å². The monoisotopic (exact) mass is 359 g/mol. The first-order valence-electron chi connectivity index (χ1n) is 8.08. The Morgan fingerprint density at radius 1 is 1.16 bits per heavy atom. The van der Waals surface area contributed by atoms with E-state index in [9.17, 15) is 9.59 Å². The molecule has 1 fully saturated rings. The third kappa shape index (κ3) is 4.12. The minimum absolute atomic E-state index is 0.117. The number of para-hydroxylation sites is 1. The topological polar surface area (TPSA) is 55.8 Å².